The Morgan fingerprint density at radius 1 is 1.24 bits per heavy atom. The molecule has 4 atom stereocenters. The van der Waals surface area contributed by atoms with E-state index in [0.29, 0.717) is 11.8 Å². The molecule has 1 N–H and O–H groups in total. The highest BCUT2D eigenvalue weighted by molar-refractivity contribution is 5.29. The Kier molecular flexibility index (Phi) is 2.69. The smallest absolute Gasteiger partial charge is 0.129 e. The monoisotopic (exact) mass is 234 g/mol. The Labute approximate surface area is 101 Å². The van der Waals surface area contributed by atoms with Crippen molar-refractivity contribution in [1.82, 2.24) is 0 Å². The van der Waals surface area contributed by atoms with Gasteiger partial charge in [-0.2, -0.15) is 0 Å². The number of fused-ring (bicyclic) bond motifs is 2. The quantitative estimate of drug-likeness (QED) is 0.645. The molecule has 0 amide bonds. The number of rotatable bonds is 3. The Hall–Kier alpha value is -0.900. The summed E-state index contributed by atoms with van der Waals surface area (Å²) in [4.78, 5) is 4.78. The molecule has 1 aromatic rings. The molecule has 3 rings (SSSR count). The first-order valence-electron chi connectivity index (χ1n) is 6.24. The first-order valence-corrected chi connectivity index (χ1v) is 6.24. The van der Waals surface area contributed by atoms with Crippen LogP contribution < -0.4 is 0 Å². The second-order valence-corrected chi connectivity index (χ2v) is 5.16. The van der Waals surface area contributed by atoms with E-state index in [1.54, 1.807) is 7.11 Å². The van der Waals surface area contributed by atoms with Crippen LogP contribution in [-0.2, 0) is 15.2 Å². The van der Waals surface area contributed by atoms with Crippen molar-refractivity contribution in [3.63, 3.8) is 0 Å². The Morgan fingerprint density at radius 3 is 2.65 bits per heavy atom. The zero-order chi connectivity index (χ0) is 11.9. The molecular formula is C14H18O3. The van der Waals surface area contributed by atoms with E-state index in [9.17, 15) is 5.26 Å². The van der Waals surface area contributed by atoms with Gasteiger partial charge in [0, 0.05) is 7.11 Å². The van der Waals surface area contributed by atoms with E-state index >= 15 is 0 Å². The predicted octanol–water partition coefficient (Wildman–Crippen LogP) is 2.82. The topological polar surface area (TPSA) is 38.7 Å². The van der Waals surface area contributed by atoms with Crippen molar-refractivity contribution in [2.75, 3.05) is 7.11 Å². The first kappa shape index (κ1) is 11.2. The van der Waals surface area contributed by atoms with Gasteiger partial charge in [0.05, 0.1) is 0 Å². The summed E-state index contributed by atoms with van der Waals surface area (Å²) in [6, 6.07) is 10.1. The first-order chi connectivity index (χ1) is 8.32. The third-order valence-corrected chi connectivity index (χ3v) is 4.61. The van der Waals surface area contributed by atoms with Crippen LogP contribution in [0.5, 0.6) is 0 Å². The van der Waals surface area contributed by atoms with Crippen LogP contribution in [0.3, 0.4) is 0 Å². The second-order valence-electron chi connectivity index (χ2n) is 5.16. The van der Waals surface area contributed by atoms with Crippen LogP contribution in [0.15, 0.2) is 30.3 Å². The average molecular weight is 234 g/mol. The number of hydrogen-bond acceptors (Lipinski definition) is 3. The third-order valence-electron chi connectivity index (χ3n) is 4.61. The van der Waals surface area contributed by atoms with E-state index in [-0.39, 0.29) is 6.10 Å². The van der Waals surface area contributed by atoms with Crippen molar-refractivity contribution in [2.24, 2.45) is 11.8 Å². The van der Waals surface area contributed by atoms with E-state index < -0.39 is 5.60 Å². The maximum atomic E-state index is 9.24. The van der Waals surface area contributed by atoms with E-state index in [1.807, 2.05) is 18.2 Å². The van der Waals surface area contributed by atoms with Crippen LogP contribution >= 0.6 is 0 Å². The molecule has 0 spiro atoms. The zero-order valence-electron chi connectivity index (χ0n) is 10.0. The summed E-state index contributed by atoms with van der Waals surface area (Å²) in [6.07, 6.45) is 3.16. The molecule has 2 saturated carbocycles. The van der Waals surface area contributed by atoms with E-state index in [1.165, 1.54) is 0 Å². The minimum atomic E-state index is -0.459. The minimum Gasteiger partial charge on any atom is -0.370 e. The van der Waals surface area contributed by atoms with Crippen LogP contribution in [0, 0.1) is 11.8 Å². The number of benzene rings is 1. The van der Waals surface area contributed by atoms with Gasteiger partial charge in [-0.25, -0.2) is 4.89 Å². The second kappa shape index (κ2) is 4.09. The standard InChI is InChI=1S/C14H18O3/c1-16-14(11-5-3-2-4-6-11)12-8-7-10(9-12)13(14)17-15/h2-6,10,12-13,15H,7-9H2,1H3/t10-,12+,13+,14-/m0/s1. The number of hydrogen-bond donors (Lipinski definition) is 1. The Bertz CT molecular complexity index is 392. The molecule has 3 nitrogen and oxygen atoms in total. The van der Waals surface area contributed by atoms with E-state index in [4.69, 9.17) is 9.62 Å². The molecule has 2 bridgehead atoms. The molecular weight excluding hydrogens is 216 g/mol. The van der Waals surface area contributed by atoms with Crippen LogP contribution in [0.2, 0.25) is 0 Å². The van der Waals surface area contributed by atoms with Crippen LogP contribution in [-0.4, -0.2) is 18.5 Å². The normalized spacial score (nSPS) is 39.8. The highest BCUT2D eigenvalue weighted by Crippen LogP contribution is 2.58. The molecule has 0 aromatic heterocycles. The molecule has 92 valence electrons. The molecule has 1 aromatic carbocycles. The molecule has 0 heterocycles. The van der Waals surface area contributed by atoms with Gasteiger partial charge < -0.3 is 4.74 Å². The van der Waals surface area contributed by atoms with Gasteiger partial charge in [0.25, 0.3) is 0 Å². The predicted molar refractivity (Wildman–Crippen MR) is 63.5 cm³/mol. The fourth-order valence-corrected chi connectivity index (χ4v) is 3.93. The van der Waals surface area contributed by atoms with Crippen molar-refractivity contribution in [2.45, 2.75) is 31.0 Å². The molecule has 0 radical (unpaired) electrons. The molecule has 3 heteroatoms. The van der Waals surface area contributed by atoms with Gasteiger partial charge in [-0.05, 0) is 36.7 Å². The maximum absolute atomic E-state index is 9.24. The van der Waals surface area contributed by atoms with Crippen LogP contribution in [0.1, 0.15) is 24.8 Å². The highest BCUT2D eigenvalue weighted by Gasteiger charge is 2.61. The summed E-state index contributed by atoms with van der Waals surface area (Å²) in [5.41, 5.74) is 0.660. The average Bonchev–Trinajstić information content (AvgIpc) is 2.98. The largest absolute Gasteiger partial charge is 0.370 e. The Balaban J connectivity index is 2.07. The molecule has 2 aliphatic carbocycles. The molecule has 0 unspecified atom stereocenters. The highest BCUT2D eigenvalue weighted by atomic mass is 17.1. The van der Waals surface area contributed by atoms with Crippen LogP contribution in [0.4, 0.5) is 0 Å². The molecule has 0 aliphatic heterocycles. The van der Waals surface area contributed by atoms with Crippen molar-refractivity contribution < 1.29 is 14.9 Å². The lowest BCUT2D eigenvalue weighted by molar-refractivity contribution is -0.331. The molecule has 17 heavy (non-hydrogen) atoms. The maximum Gasteiger partial charge on any atom is 0.129 e. The van der Waals surface area contributed by atoms with Gasteiger partial charge in [-0.1, -0.05) is 30.3 Å². The van der Waals surface area contributed by atoms with E-state index in [0.717, 1.165) is 24.8 Å². The van der Waals surface area contributed by atoms with Crippen molar-refractivity contribution in [3.8, 4) is 0 Å². The van der Waals surface area contributed by atoms with Gasteiger partial charge in [0.2, 0.25) is 0 Å². The van der Waals surface area contributed by atoms with Crippen molar-refractivity contribution >= 4 is 0 Å². The summed E-state index contributed by atoms with van der Waals surface area (Å²) in [5.74, 6) is 0.877. The number of methoxy groups -OCH3 is 1. The fourth-order valence-electron chi connectivity index (χ4n) is 3.93. The Morgan fingerprint density at radius 2 is 2.00 bits per heavy atom. The summed E-state index contributed by atoms with van der Waals surface area (Å²) in [6.45, 7) is 0. The molecule has 0 saturated heterocycles. The van der Waals surface area contributed by atoms with Crippen molar-refractivity contribution in [1.29, 1.82) is 0 Å². The van der Waals surface area contributed by atoms with Gasteiger partial charge in [0.1, 0.15) is 11.7 Å². The summed E-state index contributed by atoms with van der Waals surface area (Å²) in [7, 11) is 1.72. The lowest BCUT2D eigenvalue weighted by Gasteiger charge is -2.41. The fraction of sp³-hybridized carbons (Fsp3) is 0.571. The summed E-state index contributed by atoms with van der Waals surface area (Å²) in [5, 5.41) is 9.24. The number of ether oxygens (including phenoxy) is 1. The molecule has 2 fully saturated rings. The zero-order valence-corrected chi connectivity index (χ0v) is 10.0. The van der Waals surface area contributed by atoms with Crippen LogP contribution in [0.25, 0.3) is 0 Å². The molecule has 2 aliphatic rings. The van der Waals surface area contributed by atoms with Gasteiger partial charge in [0.15, 0.2) is 0 Å². The van der Waals surface area contributed by atoms with E-state index in [2.05, 4.69) is 12.1 Å². The van der Waals surface area contributed by atoms with Crippen molar-refractivity contribution in [3.05, 3.63) is 35.9 Å². The summed E-state index contributed by atoms with van der Waals surface area (Å²) >= 11 is 0. The van der Waals surface area contributed by atoms with Gasteiger partial charge in [-0.15, -0.1) is 0 Å². The summed E-state index contributed by atoms with van der Waals surface area (Å²) < 4.78 is 5.84. The lowest BCUT2D eigenvalue weighted by atomic mass is 9.76. The van der Waals surface area contributed by atoms with Gasteiger partial charge >= 0.3 is 0 Å². The lowest BCUT2D eigenvalue weighted by Crippen LogP contribution is -2.47. The SMILES string of the molecule is CO[C@@]1(c2ccccc2)[C@@H]2CC[C@@H](C2)[C@H]1OO. The third kappa shape index (κ3) is 1.39. The minimum absolute atomic E-state index is 0.228. The van der Waals surface area contributed by atoms with Gasteiger partial charge in [-0.3, -0.25) is 5.26 Å².